The van der Waals surface area contributed by atoms with Crippen molar-refractivity contribution in [1.82, 2.24) is 9.80 Å². The number of amides is 1. The van der Waals surface area contributed by atoms with Gasteiger partial charge in [-0.1, -0.05) is 0 Å². The zero-order valence-corrected chi connectivity index (χ0v) is 30.4. The van der Waals surface area contributed by atoms with Crippen molar-refractivity contribution in [2.75, 3.05) is 46.7 Å². The van der Waals surface area contributed by atoms with Crippen LogP contribution in [0.5, 0.6) is 0 Å². The van der Waals surface area contributed by atoms with Gasteiger partial charge in [-0.15, -0.1) is 0 Å². The predicted molar refractivity (Wildman–Crippen MR) is 164 cm³/mol. The summed E-state index contributed by atoms with van der Waals surface area (Å²) in [7, 11) is -3.24. The Bertz CT molecular complexity index is 1400. The van der Waals surface area contributed by atoms with Gasteiger partial charge in [-0.2, -0.15) is 0 Å². The van der Waals surface area contributed by atoms with Gasteiger partial charge in [-0.3, -0.25) is 0 Å². The van der Waals surface area contributed by atoms with Crippen molar-refractivity contribution < 1.29 is 55.6 Å². The van der Waals surface area contributed by atoms with Crippen LogP contribution in [0.15, 0.2) is 77.7 Å². The number of nitrogens with zero attached hydrogens (tertiary/aromatic N) is 2. The number of hydrogen-bond donors (Lipinski definition) is 0. The van der Waals surface area contributed by atoms with Crippen LogP contribution >= 0.6 is 0 Å². The average molecular weight is 815 g/mol. The number of benzene rings is 3. The molecule has 4 rings (SSSR count). The van der Waals surface area contributed by atoms with Crippen molar-refractivity contribution in [3.63, 3.8) is 0 Å². The Morgan fingerprint density at radius 3 is 2.29 bits per heavy atom. The number of halogens is 2. The minimum absolute atomic E-state index is 0.0587. The number of aryl methyl sites for hydroxylation is 1. The summed E-state index contributed by atoms with van der Waals surface area (Å²) >= 11 is 0.163. The summed E-state index contributed by atoms with van der Waals surface area (Å²) in [5, 5.41) is 0. The molecule has 0 spiro atoms. The summed E-state index contributed by atoms with van der Waals surface area (Å²) in [5.41, 5.74) is 4.99. The quantitative estimate of drug-likeness (QED) is 0.166. The molecule has 0 N–H and O–H groups in total. The van der Waals surface area contributed by atoms with Crippen LogP contribution in [0.1, 0.15) is 47.4 Å². The van der Waals surface area contributed by atoms with Gasteiger partial charge < -0.3 is 0 Å². The van der Waals surface area contributed by atoms with E-state index in [-0.39, 0.29) is 54.4 Å². The number of hydrogen-bond acceptors (Lipinski definition) is 4. The van der Waals surface area contributed by atoms with Crippen molar-refractivity contribution >= 4 is 15.7 Å². The summed E-state index contributed by atoms with van der Waals surface area (Å²) in [6, 6.07) is 25.4. The molecule has 1 aliphatic heterocycles. The van der Waals surface area contributed by atoms with E-state index in [1.165, 1.54) is 26.5 Å². The zero-order valence-electron chi connectivity index (χ0n) is 25.2. The van der Waals surface area contributed by atoms with Crippen molar-refractivity contribution in [3.8, 4) is 0 Å². The van der Waals surface area contributed by atoms with E-state index in [1.54, 1.807) is 24.3 Å². The van der Waals surface area contributed by atoms with Gasteiger partial charge >= 0.3 is 276 Å². The van der Waals surface area contributed by atoms with E-state index in [1.807, 2.05) is 0 Å². The molecule has 1 saturated heterocycles. The molecule has 0 aromatic heterocycles. The van der Waals surface area contributed by atoms with Crippen LogP contribution in [0.4, 0.5) is 0 Å². The monoisotopic (exact) mass is 814 g/mol. The molecule has 1 atom stereocenters. The molecule has 1 amide bonds. The van der Waals surface area contributed by atoms with Gasteiger partial charge in [-0.05, 0) is 0 Å². The van der Waals surface area contributed by atoms with Crippen molar-refractivity contribution in [2.24, 2.45) is 0 Å². The second-order valence-electron chi connectivity index (χ2n) is 11.2. The first kappa shape index (κ1) is 33.4. The zero-order chi connectivity index (χ0) is 30.1. The number of likely N-dealkylation sites (tertiary alicyclic amines) is 1. The second-order valence-corrected chi connectivity index (χ2v) is 18.1. The molecule has 1 fully saturated rings. The van der Waals surface area contributed by atoms with Crippen LogP contribution in [-0.4, -0.2) is 76.9 Å². The van der Waals surface area contributed by atoms with Gasteiger partial charge in [0.1, 0.15) is 0 Å². The SMILES string of the molecule is C[I-]CCN(C(=O)Cc1ccc(S(C)(=O)=O)cc1)C1CCN(CC[C@H](c2ccc(C)cc2)c2cccc([I-]C)c2)CC1. The van der Waals surface area contributed by atoms with E-state index >= 15 is 0 Å². The van der Waals surface area contributed by atoms with E-state index in [2.05, 4.69) is 75.1 Å². The van der Waals surface area contributed by atoms with Crippen LogP contribution in [0.2, 0.25) is 0 Å². The molecule has 3 aromatic carbocycles. The van der Waals surface area contributed by atoms with Gasteiger partial charge in [0, 0.05) is 0 Å². The molecule has 0 aliphatic carbocycles. The Kier molecular flexibility index (Phi) is 12.7. The molecular weight excluding hydrogens is 770 g/mol. The van der Waals surface area contributed by atoms with E-state index in [0.717, 1.165) is 55.4 Å². The summed E-state index contributed by atoms with van der Waals surface area (Å²) in [5.74, 6) is 0.551. The number of carbonyl (C=O) groups is 1. The summed E-state index contributed by atoms with van der Waals surface area (Å²) < 4.78 is 26.2. The third-order valence-electron chi connectivity index (χ3n) is 8.22. The van der Waals surface area contributed by atoms with E-state index < -0.39 is 9.84 Å². The Labute approximate surface area is 273 Å². The first-order chi connectivity index (χ1) is 20.2. The fourth-order valence-corrected chi connectivity index (χ4v) is 8.62. The molecule has 0 saturated carbocycles. The van der Waals surface area contributed by atoms with E-state index in [0.29, 0.717) is 17.2 Å². The van der Waals surface area contributed by atoms with Gasteiger partial charge in [0.15, 0.2) is 0 Å². The van der Waals surface area contributed by atoms with Crippen LogP contribution in [0.3, 0.4) is 0 Å². The first-order valence-corrected chi connectivity index (χ1v) is 23.4. The normalized spacial score (nSPS) is 15.6. The summed E-state index contributed by atoms with van der Waals surface area (Å²) in [4.78, 5) is 23.1. The van der Waals surface area contributed by atoms with Crippen molar-refractivity contribution in [1.29, 1.82) is 0 Å². The molecule has 8 heteroatoms. The Morgan fingerprint density at radius 1 is 0.976 bits per heavy atom. The Morgan fingerprint density at radius 2 is 1.67 bits per heavy atom. The number of rotatable bonds is 13. The van der Waals surface area contributed by atoms with Crippen LogP contribution in [0.25, 0.3) is 0 Å². The minimum atomic E-state index is -3.24. The number of piperidine rings is 1. The summed E-state index contributed by atoms with van der Waals surface area (Å²) in [6.45, 7) is 6.06. The molecule has 3 aromatic rings. The molecule has 42 heavy (non-hydrogen) atoms. The average Bonchev–Trinajstić information content (AvgIpc) is 2.99. The van der Waals surface area contributed by atoms with Gasteiger partial charge in [0.05, 0.1) is 0 Å². The fourth-order valence-electron chi connectivity index (χ4n) is 5.75. The Hall–Kier alpha value is -1.50. The molecule has 1 heterocycles. The first-order valence-electron chi connectivity index (χ1n) is 14.6. The van der Waals surface area contributed by atoms with E-state index in [4.69, 9.17) is 0 Å². The maximum absolute atomic E-state index is 13.5. The van der Waals surface area contributed by atoms with Crippen LogP contribution in [0, 0.1) is 10.5 Å². The molecule has 0 unspecified atom stereocenters. The maximum atomic E-state index is 13.5. The Balaban J connectivity index is 1.38. The van der Waals surface area contributed by atoms with Crippen LogP contribution in [-0.2, 0) is 21.1 Å². The standard InChI is InChI=1S/C34H44I2N2O3S/c1-26-8-12-28(13-9-26)33(29-6-5-7-30(25-29)36-3)18-22-37-20-16-31(17-21-37)38(23-19-35-2)34(39)24-27-10-14-32(15-11-27)42(4,40)41/h5-15,25,31,33H,16-24H2,1-4H3/q-2/t33-/m1/s1. The fraction of sp³-hybridized carbons (Fsp3) is 0.441. The topological polar surface area (TPSA) is 57.7 Å². The van der Waals surface area contributed by atoms with Crippen LogP contribution < -0.4 is 42.4 Å². The second kappa shape index (κ2) is 16.0. The molecule has 1 aliphatic rings. The van der Waals surface area contributed by atoms with Crippen molar-refractivity contribution in [3.05, 3.63) is 98.6 Å². The van der Waals surface area contributed by atoms with Gasteiger partial charge in [0.2, 0.25) is 0 Å². The predicted octanol–water partition coefficient (Wildman–Crippen LogP) is -0.937. The van der Waals surface area contributed by atoms with E-state index in [9.17, 15) is 13.2 Å². The molecule has 0 radical (unpaired) electrons. The third kappa shape index (κ3) is 9.50. The summed E-state index contributed by atoms with van der Waals surface area (Å²) in [6.07, 6.45) is 4.63. The molecule has 5 nitrogen and oxygen atoms in total. The number of alkyl halides is 3. The van der Waals surface area contributed by atoms with Crippen molar-refractivity contribution in [2.45, 2.75) is 49.5 Å². The third-order valence-corrected chi connectivity index (χ3v) is 12.8. The molecule has 0 bridgehead atoms. The molecular formula is C34H44I2N2O3S-2. The molecule has 230 valence electrons. The van der Waals surface area contributed by atoms with Gasteiger partial charge in [0.25, 0.3) is 0 Å². The number of sulfone groups is 1. The van der Waals surface area contributed by atoms with Gasteiger partial charge in [-0.25, -0.2) is 0 Å². The number of carbonyl (C=O) groups excluding carboxylic acids is 1.